The smallest absolute Gasteiger partial charge is 0.313 e. The van der Waals surface area contributed by atoms with E-state index in [1.54, 1.807) is 0 Å². The number of rotatable bonds is 5. The third-order valence-corrected chi connectivity index (χ3v) is 3.39. The molecular formula is C13H25NO3. The van der Waals surface area contributed by atoms with Gasteiger partial charge in [0.05, 0.1) is 11.5 Å². The Morgan fingerprint density at radius 3 is 2.41 bits per heavy atom. The van der Waals surface area contributed by atoms with Crippen molar-refractivity contribution in [3.63, 3.8) is 0 Å². The molecule has 0 saturated carbocycles. The molecular weight excluding hydrogens is 218 g/mol. The molecule has 4 heteroatoms. The van der Waals surface area contributed by atoms with Crippen LogP contribution in [0.3, 0.4) is 0 Å². The van der Waals surface area contributed by atoms with Crippen molar-refractivity contribution in [3.05, 3.63) is 0 Å². The van der Waals surface area contributed by atoms with Gasteiger partial charge in [0.15, 0.2) is 0 Å². The third-order valence-electron chi connectivity index (χ3n) is 3.39. The van der Waals surface area contributed by atoms with Crippen LogP contribution in [0.1, 0.15) is 40.0 Å². The summed E-state index contributed by atoms with van der Waals surface area (Å²) in [5, 5.41) is 0. The summed E-state index contributed by atoms with van der Waals surface area (Å²) < 4.78 is 10.8. The zero-order chi connectivity index (χ0) is 12.9. The molecule has 1 aliphatic rings. The van der Waals surface area contributed by atoms with Crippen LogP contribution in [0.5, 0.6) is 0 Å². The van der Waals surface area contributed by atoms with Crippen molar-refractivity contribution in [3.8, 4) is 0 Å². The van der Waals surface area contributed by atoms with Crippen LogP contribution in [-0.2, 0) is 14.3 Å². The van der Waals surface area contributed by atoms with Gasteiger partial charge < -0.3 is 15.2 Å². The van der Waals surface area contributed by atoms with Gasteiger partial charge in [0.25, 0.3) is 0 Å². The first-order valence-electron chi connectivity index (χ1n) is 6.49. The van der Waals surface area contributed by atoms with E-state index < -0.39 is 5.41 Å². The van der Waals surface area contributed by atoms with Crippen LogP contribution in [-0.4, -0.2) is 31.8 Å². The fourth-order valence-corrected chi connectivity index (χ4v) is 2.27. The molecule has 1 rings (SSSR count). The van der Waals surface area contributed by atoms with Gasteiger partial charge in [-0.3, -0.25) is 4.79 Å². The zero-order valence-electron chi connectivity index (χ0n) is 11.2. The maximum absolute atomic E-state index is 12.2. The van der Waals surface area contributed by atoms with E-state index in [2.05, 4.69) is 13.8 Å². The van der Waals surface area contributed by atoms with Gasteiger partial charge in [0, 0.05) is 19.8 Å². The average Bonchev–Trinajstić information content (AvgIpc) is 2.28. The number of nitrogens with two attached hydrogens (primary N) is 1. The minimum Gasteiger partial charge on any atom is -0.462 e. The van der Waals surface area contributed by atoms with Gasteiger partial charge in [-0.15, -0.1) is 0 Å². The SMILES string of the molecule is CC(C)CC(C)OC(=O)C1(CN)CCOCC1. The summed E-state index contributed by atoms with van der Waals surface area (Å²) in [6.07, 6.45) is 2.21. The highest BCUT2D eigenvalue weighted by molar-refractivity contribution is 5.77. The lowest BCUT2D eigenvalue weighted by Crippen LogP contribution is -2.45. The van der Waals surface area contributed by atoms with Crippen molar-refractivity contribution in [1.82, 2.24) is 0 Å². The first kappa shape index (κ1) is 14.5. The maximum Gasteiger partial charge on any atom is 0.313 e. The molecule has 1 fully saturated rings. The lowest BCUT2D eigenvalue weighted by molar-refractivity contribution is -0.166. The van der Waals surface area contributed by atoms with E-state index in [-0.39, 0.29) is 12.1 Å². The summed E-state index contributed by atoms with van der Waals surface area (Å²) >= 11 is 0. The standard InChI is InChI=1S/C13H25NO3/c1-10(2)8-11(3)17-12(15)13(9-14)4-6-16-7-5-13/h10-11H,4-9,14H2,1-3H3. The number of carbonyl (C=O) groups excluding carboxylic acids is 1. The molecule has 0 radical (unpaired) electrons. The molecule has 1 saturated heterocycles. The second-order valence-corrected chi connectivity index (χ2v) is 5.44. The molecule has 0 aromatic rings. The van der Waals surface area contributed by atoms with E-state index >= 15 is 0 Å². The molecule has 0 bridgehead atoms. The van der Waals surface area contributed by atoms with Crippen LogP contribution in [0, 0.1) is 11.3 Å². The van der Waals surface area contributed by atoms with Crippen molar-refractivity contribution in [1.29, 1.82) is 0 Å². The Kier molecular flexibility index (Phi) is 5.40. The summed E-state index contributed by atoms with van der Waals surface area (Å²) in [7, 11) is 0. The quantitative estimate of drug-likeness (QED) is 0.747. The van der Waals surface area contributed by atoms with E-state index in [1.807, 2.05) is 6.92 Å². The fourth-order valence-electron chi connectivity index (χ4n) is 2.27. The lowest BCUT2D eigenvalue weighted by Gasteiger charge is -2.34. The van der Waals surface area contributed by atoms with E-state index in [0.29, 0.717) is 38.5 Å². The Morgan fingerprint density at radius 2 is 1.94 bits per heavy atom. The van der Waals surface area contributed by atoms with Crippen LogP contribution in [0.4, 0.5) is 0 Å². The maximum atomic E-state index is 12.2. The highest BCUT2D eigenvalue weighted by Gasteiger charge is 2.40. The Balaban J connectivity index is 2.54. The molecule has 0 aromatic carbocycles. The minimum atomic E-state index is -0.510. The van der Waals surface area contributed by atoms with Gasteiger partial charge in [-0.25, -0.2) is 0 Å². The molecule has 1 heterocycles. The molecule has 4 nitrogen and oxygen atoms in total. The summed E-state index contributed by atoms with van der Waals surface area (Å²) in [6.45, 7) is 7.75. The summed E-state index contributed by atoms with van der Waals surface area (Å²) in [5.74, 6) is 0.387. The first-order valence-corrected chi connectivity index (χ1v) is 6.49. The molecule has 0 spiro atoms. The predicted molar refractivity (Wildman–Crippen MR) is 66.5 cm³/mol. The van der Waals surface area contributed by atoms with E-state index in [0.717, 1.165) is 6.42 Å². The third kappa shape index (κ3) is 3.96. The summed E-state index contributed by atoms with van der Waals surface area (Å²) in [6, 6.07) is 0. The summed E-state index contributed by atoms with van der Waals surface area (Å²) in [5.41, 5.74) is 5.25. The van der Waals surface area contributed by atoms with Crippen LogP contribution in [0.15, 0.2) is 0 Å². The number of hydrogen-bond donors (Lipinski definition) is 1. The molecule has 0 amide bonds. The second kappa shape index (κ2) is 6.36. The van der Waals surface area contributed by atoms with Gasteiger partial charge in [-0.2, -0.15) is 0 Å². The number of esters is 1. The molecule has 2 N–H and O–H groups in total. The number of hydrogen-bond acceptors (Lipinski definition) is 4. The van der Waals surface area contributed by atoms with Crippen LogP contribution < -0.4 is 5.73 Å². The van der Waals surface area contributed by atoms with Crippen LogP contribution >= 0.6 is 0 Å². The van der Waals surface area contributed by atoms with Gasteiger partial charge in [-0.05, 0) is 32.1 Å². The molecule has 1 unspecified atom stereocenters. The largest absolute Gasteiger partial charge is 0.462 e. The fraction of sp³-hybridized carbons (Fsp3) is 0.923. The van der Waals surface area contributed by atoms with E-state index in [4.69, 9.17) is 15.2 Å². The highest BCUT2D eigenvalue weighted by atomic mass is 16.5. The molecule has 17 heavy (non-hydrogen) atoms. The van der Waals surface area contributed by atoms with Crippen molar-refractivity contribution >= 4 is 5.97 Å². The average molecular weight is 243 g/mol. The summed E-state index contributed by atoms with van der Waals surface area (Å²) in [4.78, 5) is 12.2. The molecule has 0 aliphatic carbocycles. The van der Waals surface area contributed by atoms with Crippen molar-refractivity contribution < 1.29 is 14.3 Å². The second-order valence-electron chi connectivity index (χ2n) is 5.44. The molecule has 0 aromatic heterocycles. The molecule has 1 atom stereocenters. The van der Waals surface area contributed by atoms with Crippen LogP contribution in [0.25, 0.3) is 0 Å². The van der Waals surface area contributed by atoms with Crippen LogP contribution in [0.2, 0.25) is 0 Å². The lowest BCUT2D eigenvalue weighted by atomic mass is 9.80. The first-order chi connectivity index (χ1) is 8.00. The molecule has 1 aliphatic heterocycles. The van der Waals surface area contributed by atoms with E-state index in [1.165, 1.54) is 0 Å². The Morgan fingerprint density at radius 1 is 1.35 bits per heavy atom. The topological polar surface area (TPSA) is 61.5 Å². The highest BCUT2D eigenvalue weighted by Crippen LogP contribution is 2.31. The van der Waals surface area contributed by atoms with Gasteiger partial charge in [-0.1, -0.05) is 13.8 Å². The van der Waals surface area contributed by atoms with Crippen molar-refractivity contribution in [2.24, 2.45) is 17.1 Å². The monoisotopic (exact) mass is 243 g/mol. The Labute approximate surface area is 104 Å². The van der Waals surface area contributed by atoms with E-state index in [9.17, 15) is 4.79 Å². The normalized spacial score (nSPS) is 21.2. The molecule has 100 valence electrons. The Hall–Kier alpha value is -0.610. The van der Waals surface area contributed by atoms with Gasteiger partial charge in [0.1, 0.15) is 0 Å². The van der Waals surface area contributed by atoms with Crippen molar-refractivity contribution in [2.45, 2.75) is 46.1 Å². The predicted octanol–water partition coefficient (Wildman–Crippen LogP) is 1.72. The number of carbonyl (C=O) groups is 1. The van der Waals surface area contributed by atoms with Gasteiger partial charge in [0.2, 0.25) is 0 Å². The minimum absolute atomic E-state index is 0.0335. The zero-order valence-corrected chi connectivity index (χ0v) is 11.2. The number of ether oxygens (including phenoxy) is 2. The Bertz CT molecular complexity index is 247. The van der Waals surface area contributed by atoms with Crippen molar-refractivity contribution in [2.75, 3.05) is 19.8 Å². The van der Waals surface area contributed by atoms with Gasteiger partial charge >= 0.3 is 5.97 Å².